The molecule has 0 amide bonds. The second-order valence-corrected chi connectivity index (χ2v) is 5.90. The van der Waals surface area contributed by atoms with Gasteiger partial charge in [0.1, 0.15) is 0 Å². The maximum Gasteiger partial charge on any atom is 0.179 e. The molecule has 0 spiro atoms. The standard InChI is InChI=1S/C17H34N2/c1-5-7-9-11-13-16(3)19(15-18)17(4)14-12-10-8-6-2/h16-17H,5-14H2,1-4H3. The molecule has 0 fully saturated rings. The first-order chi connectivity index (χ1) is 9.17. The Hall–Kier alpha value is -0.710. The number of rotatable bonds is 12. The molecule has 19 heavy (non-hydrogen) atoms. The van der Waals surface area contributed by atoms with Crippen LogP contribution in [0.1, 0.15) is 91.9 Å². The Morgan fingerprint density at radius 3 is 1.53 bits per heavy atom. The van der Waals surface area contributed by atoms with E-state index in [9.17, 15) is 5.26 Å². The Labute approximate surface area is 121 Å². The average molecular weight is 266 g/mol. The third-order valence-electron chi connectivity index (χ3n) is 4.02. The molecule has 0 saturated carbocycles. The van der Waals surface area contributed by atoms with E-state index in [-0.39, 0.29) is 0 Å². The zero-order chi connectivity index (χ0) is 14.5. The van der Waals surface area contributed by atoms with Gasteiger partial charge in [0.15, 0.2) is 6.19 Å². The van der Waals surface area contributed by atoms with Gasteiger partial charge in [-0.15, -0.1) is 0 Å². The predicted molar refractivity (Wildman–Crippen MR) is 83.9 cm³/mol. The normalized spacial score (nSPS) is 13.8. The third-order valence-corrected chi connectivity index (χ3v) is 4.02. The highest BCUT2D eigenvalue weighted by molar-refractivity contribution is 4.84. The first kappa shape index (κ1) is 18.3. The van der Waals surface area contributed by atoms with E-state index in [4.69, 9.17) is 0 Å². The Balaban J connectivity index is 3.91. The zero-order valence-electron chi connectivity index (χ0n) is 13.6. The first-order valence-electron chi connectivity index (χ1n) is 8.35. The minimum Gasteiger partial charge on any atom is -0.305 e. The molecule has 112 valence electrons. The molecular formula is C17H34N2. The van der Waals surface area contributed by atoms with Crippen LogP contribution in [0, 0.1) is 11.5 Å². The van der Waals surface area contributed by atoms with Crippen LogP contribution in [0.2, 0.25) is 0 Å². The summed E-state index contributed by atoms with van der Waals surface area (Å²) in [6, 6.07) is 0.811. The van der Waals surface area contributed by atoms with Gasteiger partial charge in [-0.25, -0.2) is 0 Å². The minimum absolute atomic E-state index is 0.406. The maximum absolute atomic E-state index is 9.35. The smallest absolute Gasteiger partial charge is 0.179 e. The van der Waals surface area contributed by atoms with Crippen molar-refractivity contribution in [2.75, 3.05) is 0 Å². The van der Waals surface area contributed by atoms with Crippen molar-refractivity contribution in [3.63, 3.8) is 0 Å². The summed E-state index contributed by atoms with van der Waals surface area (Å²) in [6.07, 6.45) is 15.1. The highest BCUT2D eigenvalue weighted by Gasteiger charge is 2.17. The lowest BCUT2D eigenvalue weighted by Crippen LogP contribution is -2.36. The largest absolute Gasteiger partial charge is 0.305 e. The topological polar surface area (TPSA) is 27.0 Å². The third kappa shape index (κ3) is 8.92. The summed E-state index contributed by atoms with van der Waals surface area (Å²) in [7, 11) is 0. The molecule has 0 N–H and O–H groups in total. The first-order valence-corrected chi connectivity index (χ1v) is 8.35. The summed E-state index contributed by atoms with van der Waals surface area (Å²) in [5.74, 6) is 0. The Kier molecular flexibility index (Phi) is 11.9. The van der Waals surface area contributed by atoms with Gasteiger partial charge in [0, 0.05) is 12.1 Å². The monoisotopic (exact) mass is 266 g/mol. The SMILES string of the molecule is CCCCCCC(C)N(C#N)C(C)CCCCCC. The van der Waals surface area contributed by atoms with Gasteiger partial charge in [0.05, 0.1) is 0 Å². The molecule has 0 aliphatic rings. The zero-order valence-corrected chi connectivity index (χ0v) is 13.6. The molecule has 0 aromatic heterocycles. The highest BCUT2D eigenvalue weighted by atomic mass is 15.2. The molecule has 0 heterocycles. The maximum atomic E-state index is 9.35. The van der Waals surface area contributed by atoms with Crippen molar-refractivity contribution in [3.05, 3.63) is 0 Å². The van der Waals surface area contributed by atoms with Gasteiger partial charge in [-0.05, 0) is 26.7 Å². The summed E-state index contributed by atoms with van der Waals surface area (Å²) in [5, 5.41) is 9.35. The highest BCUT2D eigenvalue weighted by Crippen LogP contribution is 2.16. The van der Waals surface area contributed by atoms with E-state index in [1.54, 1.807) is 0 Å². The van der Waals surface area contributed by atoms with Crippen LogP contribution in [0.25, 0.3) is 0 Å². The second kappa shape index (κ2) is 12.3. The van der Waals surface area contributed by atoms with Crippen LogP contribution in [-0.4, -0.2) is 17.0 Å². The van der Waals surface area contributed by atoms with Crippen LogP contribution >= 0.6 is 0 Å². The van der Waals surface area contributed by atoms with Crippen LogP contribution in [-0.2, 0) is 0 Å². The van der Waals surface area contributed by atoms with E-state index in [0.29, 0.717) is 12.1 Å². The molecule has 0 saturated heterocycles. The molecule has 0 aromatic rings. The van der Waals surface area contributed by atoms with Crippen molar-refractivity contribution in [3.8, 4) is 6.19 Å². The fraction of sp³-hybridized carbons (Fsp3) is 0.941. The molecule has 0 aliphatic carbocycles. The van der Waals surface area contributed by atoms with E-state index in [0.717, 1.165) is 12.8 Å². The van der Waals surface area contributed by atoms with Crippen LogP contribution in [0.3, 0.4) is 0 Å². The molecule has 2 heteroatoms. The second-order valence-electron chi connectivity index (χ2n) is 5.90. The van der Waals surface area contributed by atoms with Crippen molar-refractivity contribution in [1.82, 2.24) is 4.90 Å². The number of hydrogen-bond acceptors (Lipinski definition) is 2. The molecule has 2 unspecified atom stereocenters. The quantitative estimate of drug-likeness (QED) is 0.265. The molecule has 0 aliphatic heterocycles. The van der Waals surface area contributed by atoms with E-state index in [2.05, 4.69) is 33.9 Å². The number of nitrogens with zero attached hydrogens (tertiary/aromatic N) is 2. The molecule has 2 atom stereocenters. The van der Waals surface area contributed by atoms with Gasteiger partial charge in [0.2, 0.25) is 0 Å². The molecule has 2 nitrogen and oxygen atoms in total. The van der Waals surface area contributed by atoms with Gasteiger partial charge in [-0.1, -0.05) is 65.2 Å². The lowest BCUT2D eigenvalue weighted by molar-refractivity contribution is 0.214. The van der Waals surface area contributed by atoms with Crippen LogP contribution < -0.4 is 0 Å². The predicted octanol–water partition coefficient (Wildman–Crippen LogP) is 5.49. The van der Waals surface area contributed by atoms with Crippen molar-refractivity contribution < 1.29 is 0 Å². The van der Waals surface area contributed by atoms with E-state index >= 15 is 0 Å². The van der Waals surface area contributed by atoms with E-state index < -0.39 is 0 Å². The Morgan fingerprint density at radius 1 is 0.789 bits per heavy atom. The summed E-state index contributed by atoms with van der Waals surface area (Å²) in [5.41, 5.74) is 0. The van der Waals surface area contributed by atoms with Gasteiger partial charge >= 0.3 is 0 Å². The number of nitriles is 1. The van der Waals surface area contributed by atoms with Gasteiger partial charge in [-0.3, -0.25) is 0 Å². The van der Waals surface area contributed by atoms with Gasteiger partial charge < -0.3 is 4.90 Å². The van der Waals surface area contributed by atoms with Crippen molar-refractivity contribution >= 4 is 0 Å². The van der Waals surface area contributed by atoms with Gasteiger partial charge in [0.25, 0.3) is 0 Å². The van der Waals surface area contributed by atoms with Crippen molar-refractivity contribution in [2.45, 2.75) is 104 Å². The van der Waals surface area contributed by atoms with E-state index in [1.807, 2.05) is 4.90 Å². The number of unbranched alkanes of at least 4 members (excludes halogenated alkanes) is 6. The fourth-order valence-corrected chi connectivity index (χ4v) is 2.64. The minimum atomic E-state index is 0.406. The van der Waals surface area contributed by atoms with Gasteiger partial charge in [-0.2, -0.15) is 5.26 Å². The summed E-state index contributed by atoms with van der Waals surface area (Å²) in [6.45, 7) is 8.89. The lowest BCUT2D eigenvalue weighted by Gasteiger charge is -2.29. The molecular weight excluding hydrogens is 232 g/mol. The Morgan fingerprint density at radius 2 is 1.21 bits per heavy atom. The Bertz CT molecular complexity index is 214. The van der Waals surface area contributed by atoms with Crippen molar-refractivity contribution in [1.29, 1.82) is 5.26 Å². The average Bonchev–Trinajstić information content (AvgIpc) is 2.40. The molecule has 0 rings (SSSR count). The van der Waals surface area contributed by atoms with Crippen molar-refractivity contribution in [2.24, 2.45) is 0 Å². The molecule has 0 aromatic carbocycles. The van der Waals surface area contributed by atoms with Crippen LogP contribution in [0.5, 0.6) is 0 Å². The van der Waals surface area contributed by atoms with E-state index in [1.165, 1.54) is 51.4 Å². The lowest BCUT2D eigenvalue weighted by atomic mass is 10.0. The fourth-order valence-electron chi connectivity index (χ4n) is 2.64. The van der Waals surface area contributed by atoms with Crippen LogP contribution in [0.4, 0.5) is 0 Å². The molecule has 0 bridgehead atoms. The summed E-state index contributed by atoms with van der Waals surface area (Å²) in [4.78, 5) is 2.03. The van der Waals surface area contributed by atoms with Crippen LogP contribution in [0.15, 0.2) is 0 Å². The summed E-state index contributed by atoms with van der Waals surface area (Å²) < 4.78 is 0. The molecule has 0 radical (unpaired) electrons. The summed E-state index contributed by atoms with van der Waals surface area (Å²) >= 11 is 0. The number of hydrogen-bond donors (Lipinski definition) is 0.